The van der Waals surface area contributed by atoms with Crippen molar-refractivity contribution in [3.63, 3.8) is 0 Å². The SMILES string of the molecule is COc1ccc(CNCCC(C)(C)CN)cc1F. The molecule has 0 aliphatic heterocycles. The predicted molar refractivity (Wildman–Crippen MR) is 72.1 cm³/mol. The molecule has 0 heterocycles. The number of hydrogen-bond acceptors (Lipinski definition) is 3. The van der Waals surface area contributed by atoms with Gasteiger partial charge in [0.1, 0.15) is 0 Å². The van der Waals surface area contributed by atoms with Gasteiger partial charge in [0.2, 0.25) is 0 Å². The molecule has 0 spiro atoms. The Bertz CT molecular complexity index is 380. The molecule has 1 aromatic carbocycles. The summed E-state index contributed by atoms with van der Waals surface area (Å²) in [5.74, 6) is -0.0397. The maximum absolute atomic E-state index is 13.4. The summed E-state index contributed by atoms with van der Waals surface area (Å²) in [6.45, 7) is 6.48. The predicted octanol–water partition coefficient (Wildman–Crippen LogP) is 2.30. The maximum Gasteiger partial charge on any atom is 0.165 e. The normalized spacial score (nSPS) is 11.6. The lowest BCUT2D eigenvalue weighted by Gasteiger charge is -2.22. The van der Waals surface area contributed by atoms with E-state index in [9.17, 15) is 4.39 Å². The average molecular weight is 254 g/mol. The molecule has 18 heavy (non-hydrogen) atoms. The topological polar surface area (TPSA) is 47.3 Å². The van der Waals surface area contributed by atoms with Gasteiger partial charge in [-0.1, -0.05) is 19.9 Å². The van der Waals surface area contributed by atoms with Crippen LogP contribution in [0.1, 0.15) is 25.8 Å². The monoisotopic (exact) mass is 254 g/mol. The van der Waals surface area contributed by atoms with E-state index in [1.54, 1.807) is 6.07 Å². The molecule has 0 aromatic heterocycles. The fourth-order valence-corrected chi connectivity index (χ4v) is 1.58. The van der Waals surface area contributed by atoms with Crippen molar-refractivity contribution in [1.29, 1.82) is 0 Å². The Balaban J connectivity index is 2.38. The van der Waals surface area contributed by atoms with Gasteiger partial charge in [-0.15, -0.1) is 0 Å². The number of rotatable bonds is 7. The average Bonchev–Trinajstić information content (AvgIpc) is 2.35. The molecule has 0 aliphatic carbocycles. The van der Waals surface area contributed by atoms with E-state index in [-0.39, 0.29) is 17.0 Å². The van der Waals surface area contributed by atoms with Crippen molar-refractivity contribution in [3.05, 3.63) is 29.6 Å². The summed E-state index contributed by atoms with van der Waals surface area (Å²) in [4.78, 5) is 0. The van der Waals surface area contributed by atoms with Crippen molar-refractivity contribution in [2.45, 2.75) is 26.8 Å². The highest BCUT2D eigenvalue weighted by Gasteiger charge is 2.14. The summed E-state index contributed by atoms with van der Waals surface area (Å²) in [5, 5.41) is 3.29. The summed E-state index contributed by atoms with van der Waals surface area (Å²) in [7, 11) is 1.46. The Hall–Kier alpha value is -1.13. The molecule has 0 unspecified atom stereocenters. The zero-order valence-corrected chi connectivity index (χ0v) is 11.4. The molecule has 1 aromatic rings. The third kappa shape index (κ3) is 4.63. The van der Waals surface area contributed by atoms with Gasteiger partial charge in [0.15, 0.2) is 11.6 Å². The summed E-state index contributed by atoms with van der Waals surface area (Å²) < 4.78 is 18.3. The second kappa shape index (κ2) is 6.71. The van der Waals surface area contributed by atoms with Crippen LogP contribution in [0.3, 0.4) is 0 Å². The molecular weight excluding hydrogens is 231 g/mol. The Labute approximate surface area is 109 Å². The number of benzene rings is 1. The lowest BCUT2D eigenvalue weighted by atomic mass is 9.90. The first kappa shape index (κ1) is 14.9. The highest BCUT2D eigenvalue weighted by Crippen LogP contribution is 2.18. The second-order valence-electron chi connectivity index (χ2n) is 5.26. The van der Waals surface area contributed by atoms with Crippen molar-refractivity contribution >= 4 is 0 Å². The molecule has 4 heteroatoms. The van der Waals surface area contributed by atoms with Gasteiger partial charge in [-0.25, -0.2) is 4.39 Å². The van der Waals surface area contributed by atoms with Gasteiger partial charge in [-0.3, -0.25) is 0 Å². The van der Waals surface area contributed by atoms with Crippen molar-refractivity contribution < 1.29 is 9.13 Å². The molecule has 0 aliphatic rings. The molecule has 102 valence electrons. The minimum absolute atomic E-state index is 0.151. The molecule has 0 atom stereocenters. The molecule has 0 saturated carbocycles. The highest BCUT2D eigenvalue weighted by molar-refractivity contribution is 5.29. The van der Waals surface area contributed by atoms with Crippen molar-refractivity contribution in [3.8, 4) is 5.75 Å². The zero-order chi connectivity index (χ0) is 13.6. The minimum atomic E-state index is -0.320. The number of ether oxygens (including phenoxy) is 1. The van der Waals surface area contributed by atoms with Crippen molar-refractivity contribution in [1.82, 2.24) is 5.32 Å². The van der Waals surface area contributed by atoms with Gasteiger partial charge >= 0.3 is 0 Å². The second-order valence-corrected chi connectivity index (χ2v) is 5.26. The van der Waals surface area contributed by atoms with E-state index in [1.165, 1.54) is 13.2 Å². The van der Waals surface area contributed by atoms with Crippen LogP contribution in [0.15, 0.2) is 18.2 Å². The van der Waals surface area contributed by atoms with Crippen LogP contribution >= 0.6 is 0 Å². The molecule has 0 saturated heterocycles. The third-order valence-electron chi connectivity index (χ3n) is 3.08. The molecule has 0 amide bonds. The van der Waals surface area contributed by atoms with Gasteiger partial charge in [-0.05, 0) is 42.6 Å². The van der Waals surface area contributed by atoms with Gasteiger partial charge in [0, 0.05) is 6.54 Å². The number of nitrogens with one attached hydrogen (secondary N) is 1. The molecule has 0 fully saturated rings. The van der Waals surface area contributed by atoms with Gasteiger partial charge in [-0.2, -0.15) is 0 Å². The fourth-order valence-electron chi connectivity index (χ4n) is 1.58. The van der Waals surface area contributed by atoms with Crippen LogP contribution in [0, 0.1) is 11.2 Å². The van der Waals surface area contributed by atoms with Crippen LogP contribution in [0.2, 0.25) is 0 Å². The molecular formula is C14H23FN2O. The van der Waals surface area contributed by atoms with Crippen LogP contribution in [0.5, 0.6) is 5.75 Å². The first-order valence-electron chi connectivity index (χ1n) is 6.22. The molecule has 0 radical (unpaired) electrons. The van der Waals surface area contributed by atoms with E-state index in [1.807, 2.05) is 6.07 Å². The van der Waals surface area contributed by atoms with Crippen LogP contribution in [-0.4, -0.2) is 20.2 Å². The van der Waals surface area contributed by atoms with Crippen LogP contribution in [0.25, 0.3) is 0 Å². The molecule has 3 N–H and O–H groups in total. The van der Waals surface area contributed by atoms with Crippen molar-refractivity contribution in [2.24, 2.45) is 11.1 Å². The van der Waals surface area contributed by atoms with E-state index in [0.717, 1.165) is 18.5 Å². The minimum Gasteiger partial charge on any atom is -0.494 e. The van der Waals surface area contributed by atoms with Crippen LogP contribution in [0.4, 0.5) is 4.39 Å². The van der Waals surface area contributed by atoms with E-state index >= 15 is 0 Å². The van der Waals surface area contributed by atoms with Crippen molar-refractivity contribution in [2.75, 3.05) is 20.2 Å². The summed E-state index contributed by atoms with van der Waals surface area (Å²) in [6, 6.07) is 5.01. The van der Waals surface area contributed by atoms with E-state index < -0.39 is 0 Å². The quantitative estimate of drug-likeness (QED) is 0.734. The summed E-state index contributed by atoms with van der Waals surface area (Å²) >= 11 is 0. The van der Waals surface area contributed by atoms with Gasteiger partial charge in [0.05, 0.1) is 7.11 Å². The third-order valence-corrected chi connectivity index (χ3v) is 3.08. The Kier molecular flexibility index (Phi) is 5.56. The van der Waals surface area contributed by atoms with Crippen LogP contribution in [-0.2, 0) is 6.54 Å². The number of methoxy groups -OCH3 is 1. The van der Waals surface area contributed by atoms with E-state index in [2.05, 4.69) is 19.2 Å². The maximum atomic E-state index is 13.4. The van der Waals surface area contributed by atoms with E-state index in [4.69, 9.17) is 10.5 Å². The largest absolute Gasteiger partial charge is 0.494 e. The highest BCUT2D eigenvalue weighted by atomic mass is 19.1. The first-order valence-corrected chi connectivity index (χ1v) is 6.22. The Morgan fingerprint density at radius 3 is 2.67 bits per heavy atom. The first-order chi connectivity index (χ1) is 8.48. The smallest absolute Gasteiger partial charge is 0.165 e. The number of hydrogen-bond donors (Lipinski definition) is 2. The molecule has 1 rings (SSSR count). The summed E-state index contributed by atoms with van der Waals surface area (Å²) in [5.41, 5.74) is 6.73. The standard InChI is InChI=1S/C14H23FN2O/c1-14(2,10-16)6-7-17-9-11-4-5-13(18-3)12(15)8-11/h4-5,8,17H,6-7,9-10,16H2,1-3H3. The molecule has 3 nitrogen and oxygen atoms in total. The fraction of sp³-hybridized carbons (Fsp3) is 0.571. The zero-order valence-electron chi connectivity index (χ0n) is 11.4. The van der Waals surface area contributed by atoms with Crippen LogP contribution < -0.4 is 15.8 Å². The number of halogens is 1. The lowest BCUT2D eigenvalue weighted by Crippen LogP contribution is -2.28. The van der Waals surface area contributed by atoms with Gasteiger partial charge in [0.25, 0.3) is 0 Å². The Morgan fingerprint density at radius 1 is 1.39 bits per heavy atom. The molecule has 0 bridgehead atoms. The van der Waals surface area contributed by atoms with Gasteiger partial charge < -0.3 is 15.8 Å². The Morgan fingerprint density at radius 2 is 2.11 bits per heavy atom. The lowest BCUT2D eigenvalue weighted by molar-refractivity contribution is 0.339. The summed E-state index contributed by atoms with van der Waals surface area (Å²) in [6.07, 6.45) is 1.00. The van der Waals surface area contributed by atoms with E-state index in [0.29, 0.717) is 13.1 Å². The number of nitrogens with two attached hydrogens (primary N) is 1.